The molecule has 2 rings (SSSR count). The van der Waals surface area contributed by atoms with Gasteiger partial charge in [0.05, 0.1) is 5.56 Å². The zero-order valence-electron chi connectivity index (χ0n) is 13.5. The van der Waals surface area contributed by atoms with Gasteiger partial charge in [0.1, 0.15) is 0 Å². The molecule has 6 nitrogen and oxygen atoms in total. The number of hydrogen-bond donors (Lipinski definition) is 2. The molecule has 1 aromatic carbocycles. The largest absolute Gasteiger partial charge is 0.385 e. The maximum Gasteiger partial charge on any atom is 0.254 e. The highest BCUT2D eigenvalue weighted by Gasteiger charge is 2.07. The van der Waals surface area contributed by atoms with Gasteiger partial charge in [-0.2, -0.15) is 0 Å². The lowest BCUT2D eigenvalue weighted by atomic mass is 10.1. The van der Waals surface area contributed by atoms with Gasteiger partial charge in [-0.25, -0.2) is 9.97 Å². The number of amides is 1. The van der Waals surface area contributed by atoms with Crippen molar-refractivity contribution in [2.75, 3.05) is 25.6 Å². The zero-order chi connectivity index (χ0) is 16.5. The Labute approximate surface area is 136 Å². The summed E-state index contributed by atoms with van der Waals surface area (Å²) in [6, 6.07) is 7.96. The van der Waals surface area contributed by atoms with Crippen molar-refractivity contribution in [3.05, 3.63) is 53.3 Å². The Bertz CT molecular complexity index is 629. The van der Waals surface area contributed by atoms with Crippen molar-refractivity contribution in [3.8, 4) is 0 Å². The van der Waals surface area contributed by atoms with Crippen LogP contribution in [0.5, 0.6) is 0 Å². The number of rotatable bonds is 8. The number of anilines is 1. The minimum absolute atomic E-state index is 0.181. The van der Waals surface area contributed by atoms with E-state index < -0.39 is 0 Å². The highest BCUT2D eigenvalue weighted by Crippen LogP contribution is 2.07. The molecule has 122 valence electrons. The van der Waals surface area contributed by atoms with Gasteiger partial charge in [-0.1, -0.05) is 24.3 Å². The van der Waals surface area contributed by atoms with E-state index in [1.165, 1.54) is 12.4 Å². The summed E-state index contributed by atoms with van der Waals surface area (Å²) in [5.74, 6) is 0.329. The van der Waals surface area contributed by atoms with Crippen LogP contribution in [0.25, 0.3) is 0 Å². The Kier molecular flexibility index (Phi) is 6.50. The Morgan fingerprint density at radius 2 is 1.96 bits per heavy atom. The molecule has 0 saturated heterocycles. The van der Waals surface area contributed by atoms with E-state index in [1.54, 1.807) is 7.11 Å². The van der Waals surface area contributed by atoms with E-state index in [1.807, 2.05) is 31.2 Å². The van der Waals surface area contributed by atoms with Crippen molar-refractivity contribution < 1.29 is 9.53 Å². The van der Waals surface area contributed by atoms with Crippen LogP contribution < -0.4 is 10.6 Å². The number of ether oxygens (including phenoxy) is 1. The second kappa shape index (κ2) is 8.85. The second-order valence-corrected chi connectivity index (χ2v) is 5.18. The van der Waals surface area contributed by atoms with E-state index in [0.717, 1.165) is 24.1 Å². The van der Waals surface area contributed by atoms with Crippen molar-refractivity contribution >= 4 is 11.9 Å². The summed E-state index contributed by atoms with van der Waals surface area (Å²) < 4.78 is 4.97. The molecule has 0 aliphatic heterocycles. The molecule has 0 spiro atoms. The first kappa shape index (κ1) is 16.9. The van der Waals surface area contributed by atoms with Gasteiger partial charge in [-0.05, 0) is 24.5 Å². The van der Waals surface area contributed by atoms with Crippen molar-refractivity contribution in [2.24, 2.45) is 0 Å². The van der Waals surface area contributed by atoms with Gasteiger partial charge in [0.2, 0.25) is 5.95 Å². The molecule has 0 aliphatic rings. The molecule has 0 bridgehead atoms. The normalized spacial score (nSPS) is 10.3. The van der Waals surface area contributed by atoms with Crippen LogP contribution >= 0.6 is 0 Å². The van der Waals surface area contributed by atoms with E-state index in [0.29, 0.717) is 24.7 Å². The van der Waals surface area contributed by atoms with Gasteiger partial charge in [-0.3, -0.25) is 4.79 Å². The summed E-state index contributed by atoms with van der Waals surface area (Å²) in [6.07, 6.45) is 3.93. The maximum absolute atomic E-state index is 12.1. The molecule has 2 aromatic rings. The fraction of sp³-hybridized carbons (Fsp3) is 0.353. The number of nitrogens with one attached hydrogen (secondary N) is 2. The van der Waals surface area contributed by atoms with Crippen LogP contribution in [0.2, 0.25) is 0 Å². The number of hydrogen-bond acceptors (Lipinski definition) is 5. The average molecular weight is 314 g/mol. The number of carbonyl (C=O) groups is 1. The van der Waals surface area contributed by atoms with Crippen LogP contribution in [0.1, 0.15) is 27.9 Å². The first-order valence-electron chi connectivity index (χ1n) is 7.58. The third kappa shape index (κ3) is 5.34. The summed E-state index contributed by atoms with van der Waals surface area (Å²) in [4.78, 5) is 20.4. The molecule has 1 aromatic heterocycles. The summed E-state index contributed by atoms with van der Waals surface area (Å²) >= 11 is 0. The molecular weight excluding hydrogens is 292 g/mol. The fourth-order valence-electron chi connectivity index (χ4n) is 2.04. The van der Waals surface area contributed by atoms with Crippen molar-refractivity contribution in [1.82, 2.24) is 15.3 Å². The van der Waals surface area contributed by atoms with E-state index in [-0.39, 0.29) is 5.91 Å². The zero-order valence-corrected chi connectivity index (χ0v) is 13.5. The first-order chi connectivity index (χ1) is 11.2. The van der Waals surface area contributed by atoms with Gasteiger partial charge in [-0.15, -0.1) is 0 Å². The van der Waals surface area contributed by atoms with Gasteiger partial charge < -0.3 is 15.4 Å². The fourth-order valence-corrected chi connectivity index (χ4v) is 2.04. The molecule has 0 unspecified atom stereocenters. The number of benzene rings is 1. The lowest BCUT2D eigenvalue weighted by Gasteiger charge is -2.08. The second-order valence-electron chi connectivity index (χ2n) is 5.18. The molecule has 1 heterocycles. The van der Waals surface area contributed by atoms with Gasteiger partial charge >= 0.3 is 0 Å². The molecular formula is C17H22N4O2. The third-order valence-corrected chi connectivity index (χ3v) is 3.42. The van der Waals surface area contributed by atoms with E-state index in [9.17, 15) is 4.79 Å². The molecule has 0 atom stereocenters. The molecule has 0 saturated carbocycles. The van der Waals surface area contributed by atoms with Crippen molar-refractivity contribution in [3.63, 3.8) is 0 Å². The summed E-state index contributed by atoms with van der Waals surface area (Å²) in [5.41, 5.74) is 2.69. The van der Waals surface area contributed by atoms with E-state index in [2.05, 4.69) is 20.6 Å². The Balaban J connectivity index is 1.84. The maximum atomic E-state index is 12.1. The third-order valence-electron chi connectivity index (χ3n) is 3.42. The number of aryl methyl sites for hydroxylation is 1. The summed E-state index contributed by atoms with van der Waals surface area (Å²) in [5, 5.41) is 5.96. The van der Waals surface area contributed by atoms with Crippen LogP contribution in [0.15, 0.2) is 36.7 Å². The smallest absolute Gasteiger partial charge is 0.254 e. The van der Waals surface area contributed by atoms with E-state index in [4.69, 9.17) is 4.74 Å². The lowest BCUT2D eigenvalue weighted by molar-refractivity contribution is 0.0950. The highest BCUT2D eigenvalue weighted by atomic mass is 16.5. The molecule has 23 heavy (non-hydrogen) atoms. The van der Waals surface area contributed by atoms with Crippen LogP contribution in [-0.4, -0.2) is 36.1 Å². The molecule has 0 radical (unpaired) electrons. The predicted octanol–water partition coefficient (Wildman–Crippen LogP) is 2.16. The minimum Gasteiger partial charge on any atom is -0.385 e. The molecule has 1 amide bonds. The number of aromatic nitrogens is 2. The Morgan fingerprint density at radius 3 is 2.65 bits per heavy atom. The van der Waals surface area contributed by atoms with Gasteiger partial charge in [0.25, 0.3) is 5.91 Å². The van der Waals surface area contributed by atoms with Gasteiger partial charge in [0, 0.05) is 39.2 Å². The first-order valence-corrected chi connectivity index (χ1v) is 7.58. The van der Waals surface area contributed by atoms with Crippen LogP contribution in [0, 0.1) is 6.92 Å². The molecule has 0 aliphatic carbocycles. The molecule has 0 fully saturated rings. The number of methoxy groups -OCH3 is 1. The van der Waals surface area contributed by atoms with Crippen LogP contribution in [0.3, 0.4) is 0 Å². The molecule has 6 heteroatoms. The summed E-state index contributed by atoms with van der Waals surface area (Å²) in [6.45, 7) is 3.93. The topological polar surface area (TPSA) is 76.1 Å². The van der Waals surface area contributed by atoms with Crippen LogP contribution in [0.4, 0.5) is 5.95 Å². The highest BCUT2D eigenvalue weighted by molar-refractivity contribution is 5.93. The summed E-state index contributed by atoms with van der Waals surface area (Å²) in [7, 11) is 1.67. The Morgan fingerprint density at radius 1 is 1.22 bits per heavy atom. The quantitative estimate of drug-likeness (QED) is 0.730. The monoisotopic (exact) mass is 314 g/mol. The number of nitrogens with zero attached hydrogens (tertiary/aromatic N) is 2. The standard InChI is InChI=1S/C17H22N4O2/c1-13-6-3-4-7-14(13)10-19-16(22)15-11-20-17(21-12-15)18-8-5-9-23-2/h3-4,6-7,11-12H,5,8-10H2,1-2H3,(H,19,22)(H,18,20,21). The number of carbonyl (C=O) groups excluding carboxylic acids is 1. The Hall–Kier alpha value is -2.47. The van der Waals surface area contributed by atoms with Crippen molar-refractivity contribution in [2.45, 2.75) is 19.9 Å². The van der Waals surface area contributed by atoms with Gasteiger partial charge in [0.15, 0.2) is 0 Å². The van der Waals surface area contributed by atoms with Crippen LogP contribution in [-0.2, 0) is 11.3 Å². The SMILES string of the molecule is COCCCNc1ncc(C(=O)NCc2ccccc2C)cn1. The van der Waals surface area contributed by atoms with Crippen molar-refractivity contribution in [1.29, 1.82) is 0 Å². The van der Waals surface area contributed by atoms with E-state index >= 15 is 0 Å². The average Bonchev–Trinajstić information content (AvgIpc) is 2.58. The minimum atomic E-state index is -0.181. The molecule has 2 N–H and O–H groups in total. The lowest BCUT2D eigenvalue weighted by Crippen LogP contribution is -2.23. The predicted molar refractivity (Wildman–Crippen MR) is 89.4 cm³/mol.